The van der Waals surface area contributed by atoms with Gasteiger partial charge in [-0.3, -0.25) is 5.32 Å². The van der Waals surface area contributed by atoms with Crippen LogP contribution in [0.3, 0.4) is 0 Å². The summed E-state index contributed by atoms with van der Waals surface area (Å²) in [5.41, 5.74) is 6.43. The fourth-order valence-electron chi connectivity index (χ4n) is 4.16. The van der Waals surface area contributed by atoms with Crippen molar-refractivity contribution in [3.05, 3.63) is 83.4 Å². The molecular weight excluding hydrogens is 402 g/mol. The van der Waals surface area contributed by atoms with Gasteiger partial charge in [-0.2, -0.15) is 0 Å². The van der Waals surface area contributed by atoms with Crippen LogP contribution in [0.4, 0.5) is 10.5 Å². The zero-order valence-electron chi connectivity index (χ0n) is 18.3. The third-order valence-electron chi connectivity index (χ3n) is 5.84. The van der Waals surface area contributed by atoms with Gasteiger partial charge in [-0.05, 0) is 60.1 Å². The fourth-order valence-corrected chi connectivity index (χ4v) is 4.16. The fraction of sp³-hybridized carbons (Fsp3) is 0.296. The Bertz CT molecular complexity index is 1030. The molecule has 0 bridgehead atoms. The minimum Gasteiger partial charge on any atom is -0.493 e. The standard InChI is InChI=1S/C27H29NO4/c1-19-13-14-20(17-26(19)31-16-8-2-7-15-29)28-27(30)32-18-25-23-11-5-3-9-21(23)22-10-4-6-12-24(22)25/h3-6,9-14,17,25,29H,2,7-8,15-16,18H2,1H3,(H,28,30). The maximum absolute atomic E-state index is 12.5. The zero-order chi connectivity index (χ0) is 22.3. The van der Waals surface area contributed by atoms with Crippen molar-refractivity contribution in [3.8, 4) is 16.9 Å². The van der Waals surface area contributed by atoms with Crippen molar-refractivity contribution in [2.45, 2.75) is 32.1 Å². The van der Waals surface area contributed by atoms with Crippen molar-refractivity contribution < 1.29 is 19.4 Å². The summed E-state index contributed by atoms with van der Waals surface area (Å²) in [6, 6.07) is 22.1. The number of amides is 1. The van der Waals surface area contributed by atoms with E-state index < -0.39 is 6.09 Å². The molecule has 2 N–H and O–H groups in total. The first kappa shape index (κ1) is 21.9. The number of fused-ring (bicyclic) bond motifs is 3. The highest BCUT2D eigenvalue weighted by Crippen LogP contribution is 2.44. The summed E-state index contributed by atoms with van der Waals surface area (Å²) >= 11 is 0. The van der Waals surface area contributed by atoms with E-state index in [1.54, 1.807) is 0 Å². The second-order valence-corrected chi connectivity index (χ2v) is 8.06. The maximum atomic E-state index is 12.5. The average Bonchev–Trinajstić information content (AvgIpc) is 3.13. The third kappa shape index (κ3) is 4.94. The molecule has 0 fully saturated rings. The Kier molecular flexibility index (Phi) is 7.07. The van der Waals surface area contributed by atoms with Crippen LogP contribution in [0.15, 0.2) is 66.7 Å². The van der Waals surface area contributed by atoms with E-state index in [0.29, 0.717) is 12.3 Å². The molecule has 0 saturated carbocycles. The number of unbranched alkanes of at least 4 members (excludes halogenated alkanes) is 2. The lowest BCUT2D eigenvalue weighted by atomic mass is 9.98. The van der Waals surface area contributed by atoms with Crippen molar-refractivity contribution >= 4 is 11.8 Å². The molecule has 1 aliphatic carbocycles. The first-order valence-electron chi connectivity index (χ1n) is 11.1. The van der Waals surface area contributed by atoms with Gasteiger partial charge >= 0.3 is 6.09 Å². The van der Waals surface area contributed by atoms with E-state index in [2.05, 4.69) is 29.6 Å². The van der Waals surface area contributed by atoms with Crippen molar-refractivity contribution in [3.63, 3.8) is 0 Å². The molecule has 0 radical (unpaired) electrons. The second kappa shape index (κ2) is 10.3. The molecule has 1 aliphatic rings. The van der Waals surface area contributed by atoms with Crippen LogP contribution >= 0.6 is 0 Å². The van der Waals surface area contributed by atoms with Gasteiger partial charge in [0.1, 0.15) is 12.4 Å². The number of aliphatic hydroxyl groups excluding tert-OH is 1. The van der Waals surface area contributed by atoms with Crippen LogP contribution in [-0.4, -0.2) is 31.0 Å². The van der Waals surface area contributed by atoms with Crippen LogP contribution in [0.2, 0.25) is 0 Å². The summed E-state index contributed by atoms with van der Waals surface area (Å²) in [6.07, 6.45) is 2.10. The molecule has 0 aliphatic heterocycles. The number of carbonyl (C=O) groups is 1. The van der Waals surface area contributed by atoms with Crippen LogP contribution in [-0.2, 0) is 4.74 Å². The number of hydrogen-bond donors (Lipinski definition) is 2. The van der Waals surface area contributed by atoms with Crippen LogP contribution in [0.5, 0.6) is 5.75 Å². The number of aliphatic hydroxyl groups is 1. The van der Waals surface area contributed by atoms with Gasteiger partial charge in [0.05, 0.1) is 6.61 Å². The number of aryl methyl sites for hydroxylation is 1. The van der Waals surface area contributed by atoms with Crippen LogP contribution in [0.1, 0.15) is 41.9 Å². The van der Waals surface area contributed by atoms with Crippen molar-refractivity contribution in [1.82, 2.24) is 0 Å². The van der Waals surface area contributed by atoms with Crippen molar-refractivity contribution in [2.24, 2.45) is 0 Å². The normalized spacial score (nSPS) is 12.2. The SMILES string of the molecule is Cc1ccc(NC(=O)OCC2c3ccccc3-c3ccccc32)cc1OCCCCCO. The largest absolute Gasteiger partial charge is 0.493 e. The molecule has 4 rings (SSSR count). The topological polar surface area (TPSA) is 67.8 Å². The summed E-state index contributed by atoms with van der Waals surface area (Å²) in [7, 11) is 0. The minimum atomic E-state index is -0.482. The monoisotopic (exact) mass is 431 g/mol. The van der Waals surface area contributed by atoms with Crippen molar-refractivity contribution in [1.29, 1.82) is 0 Å². The second-order valence-electron chi connectivity index (χ2n) is 8.06. The van der Waals surface area contributed by atoms with E-state index >= 15 is 0 Å². The Morgan fingerprint density at radius 3 is 2.31 bits per heavy atom. The molecule has 0 saturated heterocycles. The predicted octanol–water partition coefficient (Wildman–Crippen LogP) is 5.90. The Labute approximate surface area is 189 Å². The molecule has 0 spiro atoms. The van der Waals surface area contributed by atoms with E-state index in [1.807, 2.05) is 49.4 Å². The minimum absolute atomic E-state index is 0.0315. The van der Waals surface area contributed by atoms with Crippen LogP contribution in [0.25, 0.3) is 11.1 Å². The van der Waals surface area contributed by atoms with Gasteiger partial charge in [0.2, 0.25) is 0 Å². The Morgan fingerprint density at radius 2 is 1.62 bits per heavy atom. The van der Waals surface area contributed by atoms with Gasteiger partial charge in [0.15, 0.2) is 0 Å². The number of carbonyl (C=O) groups excluding carboxylic acids is 1. The first-order valence-corrected chi connectivity index (χ1v) is 11.1. The Hall–Kier alpha value is -3.31. The molecule has 5 heteroatoms. The lowest BCUT2D eigenvalue weighted by Crippen LogP contribution is -2.18. The van der Waals surface area contributed by atoms with Crippen LogP contribution in [0, 0.1) is 6.92 Å². The third-order valence-corrected chi connectivity index (χ3v) is 5.84. The Balaban J connectivity index is 1.36. The quantitative estimate of drug-likeness (QED) is 0.414. The van der Waals surface area contributed by atoms with Gasteiger partial charge in [-0.15, -0.1) is 0 Å². The van der Waals surface area contributed by atoms with Gasteiger partial charge < -0.3 is 14.6 Å². The molecule has 0 heterocycles. The molecule has 0 atom stereocenters. The summed E-state index contributed by atoms with van der Waals surface area (Å²) < 4.78 is 11.5. The van der Waals surface area contributed by atoms with Gasteiger partial charge in [-0.25, -0.2) is 4.79 Å². The number of hydrogen-bond acceptors (Lipinski definition) is 4. The highest BCUT2D eigenvalue weighted by Gasteiger charge is 2.29. The zero-order valence-corrected chi connectivity index (χ0v) is 18.3. The Morgan fingerprint density at radius 1 is 0.938 bits per heavy atom. The lowest BCUT2D eigenvalue weighted by molar-refractivity contribution is 0.158. The summed E-state index contributed by atoms with van der Waals surface area (Å²) in [5, 5.41) is 11.7. The van der Waals surface area contributed by atoms with E-state index in [0.717, 1.165) is 30.6 Å². The first-order chi connectivity index (χ1) is 15.7. The van der Waals surface area contributed by atoms with Gasteiger partial charge in [0, 0.05) is 24.3 Å². The van der Waals surface area contributed by atoms with Crippen LogP contribution < -0.4 is 10.1 Å². The summed E-state index contributed by atoms with van der Waals surface area (Å²) in [4.78, 5) is 12.5. The molecule has 3 aromatic carbocycles. The number of benzene rings is 3. The van der Waals surface area contributed by atoms with Gasteiger partial charge in [0.25, 0.3) is 0 Å². The van der Waals surface area contributed by atoms with E-state index in [9.17, 15) is 4.79 Å². The average molecular weight is 432 g/mol. The number of anilines is 1. The maximum Gasteiger partial charge on any atom is 0.411 e. The van der Waals surface area contributed by atoms with E-state index in [-0.39, 0.29) is 19.1 Å². The molecule has 0 aromatic heterocycles. The molecular formula is C27H29NO4. The summed E-state index contributed by atoms with van der Waals surface area (Å²) in [5.74, 6) is 0.773. The summed E-state index contributed by atoms with van der Waals surface area (Å²) in [6.45, 7) is 3.04. The van der Waals surface area contributed by atoms with E-state index in [4.69, 9.17) is 14.6 Å². The predicted molar refractivity (Wildman–Crippen MR) is 126 cm³/mol. The molecule has 166 valence electrons. The molecule has 5 nitrogen and oxygen atoms in total. The highest BCUT2D eigenvalue weighted by molar-refractivity contribution is 5.85. The molecule has 3 aromatic rings. The van der Waals surface area contributed by atoms with E-state index in [1.165, 1.54) is 22.3 Å². The highest BCUT2D eigenvalue weighted by atomic mass is 16.5. The molecule has 1 amide bonds. The van der Waals surface area contributed by atoms with Crippen molar-refractivity contribution in [2.75, 3.05) is 25.1 Å². The number of ether oxygens (including phenoxy) is 2. The lowest BCUT2D eigenvalue weighted by Gasteiger charge is -2.15. The number of rotatable bonds is 9. The smallest absolute Gasteiger partial charge is 0.411 e. The molecule has 32 heavy (non-hydrogen) atoms. The number of nitrogens with one attached hydrogen (secondary N) is 1. The molecule has 0 unspecified atom stereocenters. The van der Waals surface area contributed by atoms with Gasteiger partial charge in [-0.1, -0.05) is 54.6 Å².